The van der Waals surface area contributed by atoms with E-state index in [2.05, 4.69) is 21.2 Å². The Bertz CT molecular complexity index is 435. The van der Waals surface area contributed by atoms with Crippen LogP contribution in [-0.2, 0) is 11.2 Å². The molecule has 4 heteroatoms. The second-order valence-corrected chi connectivity index (χ2v) is 5.39. The Kier molecular flexibility index (Phi) is 3.02. The van der Waals surface area contributed by atoms with Gasteiger partial charge in [0.1, 0.15) is 5.82 Å². The van der Waals surface area contributed by atoms with E-state index in [0.29, 0.717) is 17.3 Å². The number of carbonyl (C=O) groups is 1. The average Bonchev–Trinajstić information content (AvgIpc) is 2.52. The topological polar surface area (TPSA) is 29.1 Å². The van der Waals surface area contributed by atoms with Gasteiger partial charge in [0.2, 0.25) is 5.91 Å². The van der Waals surface area contributed by atoms with Crippen molar-refractivity contribution in [1.29, 1.82) is 0 Å². The molecule has 0 aromatic heterocycles. The molecule has 1 aliphatic heterocycles. The lowest BCUT2D eigenvalue weighted by molar-refractivity contribution is -0.119. The van der Waals surface area contributed by atoms with Crippen LogP contribution in [0.1, 0.15) is 25.3 Å². The Morgan fingerprint density at radius 2 is 2.31 bits per heavy atom. The van der Waals surface area contributed by atoms with E-state index in [-0.39, 0.29) is 17.3 Å². The van der Waals surface area contributed by atoms with Crippen LogP contribution in [0.15, 0.2) is 22.7 Å². The van der Waals surface area contributed by atoms with Crippen molar-refractivity contribution in [1.82, 2.24) is 5.32 Å². The maximum Gasteiger partial charge on any atom is 0.220 e. The molecule has 0 bridgehead atoms. The van der Waals surface area contributed by atoms with Crippen LogP contribution in [-0.4, -0.2) is 11.4 Å². The summed E-state index contributed by atoms with van der Waals surface area (Å²) in [6.45, 7) is 2.00. The van der Waals surface area contributed by atoms with Crippen LogP contribution in [0.25, 0.3) is 0 Å². The lowest BCUT2D eigenvalue weighted by Gasteiger charge is -2.24. The molecule has 1 N–H and O–H groups in total. The molecule has 1 saturated heterocycles. The Balaban J connectivity index is 2.14. The molecule has 0 radical (unpaired) electrons. The third kappa shape index (κ3) is 2.43. The number of rotatable bonds is 2. The number of amides is 1. The van der Waals surface area contributed by atoms with E-state index in [0.717, 1.165) is 12.0 Å². The van der Waals surface area contributed by atoms with Crippen LogP contribution in [0.4, 0.5) is 4.39 Å². The van der Waals surface area contributed by atoms with Crippen molar-refractivity contribution in [3.8, 4) is 0 Å². The van der Waals surface area contributed by atoms with Gasteiger partial charge >= 0.3 is 0 Å². The molecule has 86 valence electrons. The Hall–Kier alpha value is -0.900. The van der Waals surface area contributed by atoms with Gasteiger partial charge in [0.05, 0.1) is 4.47 Å². The second-order valence-electron chi connectivity index (χ2n) is 4.53. The molecule has 1 fully saturated rings. The Labute approximate surface area is 102 Å². The summed E-state index contributed by atoms with van der Waals surface area (Å²) >= 11 is 3.12. The van der Waals surface area contributed by atoms with Crippen molar-refractivity contribution >= 4 is 21.8 Å². The zero-order valence-electron chi connectivity index (χ0n) is 9.02. The van der Waals surface area contributed by atoms with Crippen LogP contribution in [0.5, 0.6) is 0 Å². The standard InChI is InChI=1S/C12H13BrFNO/c1-12(5-4-11(16)15-12)7-8-2-3-9(13)10(14)6-8/h2-3,6H,4-5,7H2,1H3,(H,15,16). The average molecular weight is 286 g/mol. The van der Waals surface area contributed by atoms with Crippen LogP contribution in [0.2, 0.25) is 0 Å². The van der Waals surface area contributed by atoms with E-state index >= 15 is 0 Å². The molecule has 0 saturated carbocycles. The number of halogens is 2. The van der Waals surface area contributed by atoms with E-state index in [1.165, 1.54) is 6.07 Å². The fraction of sp³-hybridized carbons (Fsp3) is 0.417. The summed E-state index contributed by atoms with van der Waals surface area (Å²) in [5.41, 5.74) is 0.683. The van der Waals surface area contributed by atoms with E-state index in [9.17, 15) is 9.18 Å². The van der Waals surface area contributed by atoms with Gasteiger partial charge in [-0.15, -0.1) is 0 Å². The molecule has 1 amide bonds. The van der Waals surface area contributed by atoms with Gasteiger partial charge in [-0.25, -0.2) is 4.39 Å². The predicted octanol–water partition coefficient (Wildman–Crippen LogP) is 2.80. The van der Waals surface area contributed by atoms with Gasteiger partial charge in [0, 0.05) is 12.0 Å². The number of hydrogen-bond acceptors (Lipinski definition) is 1. The summed E-state index contributed by atoms with van der Waals surface area (Å²) in [6, 6.07) is 5.09. The molecule has 1 unspecified atom stereocenters. The minimum atomic E-state index is -0.259. The summed E-state index contributed by atoms with van der Waals surface area (Å²) in [6.07, 6.45) is 2.04. The van der Waals surface area contributed by atoms with Crippen molar-refractivity contribution in [3.63, 3.8) is 0 Å². The third-order valence-corrected chi connectivity index (χ3v) is 3.57. The van der Waals surface area contributed by atoms with E-state index in [1.54, 1.807) is 6.07 Å². The first kappa shape index (κ1) is 11.6. The molecule has 0 aliphatic carbocycles. The molecule has 2 nitrogen and oxygen atoms in total. The van der Waals surface area contributed by atoms with E-state index in [1.807, 2.05) is 13.0 Å². The Morgan fingerprint density at radius 3 is 2.88 bits per heavy atom. The molecule has 1 aromatic rings. The van der Waals surface area contributed by atoms with Gasteiger partial charge in [0.25, 0.3) is 0 Å². The van der Waals surface area contributed by atoms with Crippen molar-refractivity contribution in [2.45, 2.75) is 31.7 Å². The first-order valence-electron chi connectivity index (χ1n) is 5.23. The fourth-order valence-corrected chi connectivity index (χ4v) is 2.33. The Morgan fingerprint density at radius 1 is 1.56 bits per heavy atom. The second kappa shape index (κ2) is 4.17. The highest BCUT2D eigenvalue weighted by molar-refractivity contribution is 9.10. The molecule has 1 aliphatic rings. The van der Waals surface area contributed by atoms with Crippen LogP contribution in [0.3, 0.4) is 0 Å². The summed E-state index contributed by atoms with van der Waals surface area (Å²) in [4.78, 5) is 11.2. The highest BCUT2D eigenvalue weighted by Gasteiger charge is 2.32. The molecular formula is C12H13BrFNO. The van der Waals surface area contributed by atoms with Gasteiger partial charge in [-0.05, 0) is 53.4 Å². The lowest BCUT2D eigenvalue weighted by atomic mass is 9.91. The number of carbonyl (C=O) groups excluding carboxylic acids is 1. The predicted molar refractivity (Wildman–Crippen MR) is 63.6 cm³/mol. The highest BCUT2D eigenvalue weighted by Crippen LogP contribution is 2.25. The molecule has 1 aromatic carbocycles. The molecular weight excluding hydrogens is 273 g/mol. The third-order valence-electron chi connectivity index (χ3n) is 2.92. The number of hydrogen-bond donors (Lipinski definition) is 1. The van der Waals surface area contributed by atoms with Crippen molar-refractivity contribution < 1.29 is 9.18 Å². The van der Waals surface area contributed by atoms with Crippen molar-refractivity contribution in [3.05, 3.63) is 34.1 Å². The largest absolute Gasteiger partial charge is 0.351 e. The van der Waals surface area contributed by atoms with Crippen LogP contribution >= 0.6 is 15.9 Å². The number of benzene rings is 1. The first-order valence-corrected chi connectivity index (χ1v) is 6.03. The van der Waals surface area contributed by atoms with Crippen LogP contribution < -0.4 is 5.32 Å². The summed E-state index contributed by atoms with van der Waals surface area (Å²) in [5.74, 6) is -0.175. The van der Waals surface area contributed by atoms with Gasteiger partial charge in [0.15, 0.2) is 0 Å². The molecule has 16 heavy (non-hydrogen) atoms. The van der Waals surface area contributed by atoms with E-state index in [4.69, 9.17) is 0 Å². The smallest absolute Gasteiger partial charge is 0.220 e. The van der Waals surface area contributed by atoms with Gasteiger partial charge < -0.3 is 5.32 Å². The van der Waals surface area contributed by atoms with Gasteiger partial charge in [-0.1, -0.05) is 6.07 Å². The van der Waals surface area contributed by atoms with Crippen molar-refractivity contribution in [2.24, 2.45) is 0 Å². The SMILES string of the molecule is CC1(Cc2ccc(Br)c(F)c2)CCC(=O)N1. The maximum absolute atomic E-state index is 13.3. The molecule has 2 rings (SSSR count). The van der Waals surface area contributed by atoms with E-state index < -0.39 is 0 Å². The lowest BCUT2D eigenvalue weighted by Crippen LogP contribution is -2.40. The minimum Gasteiger partial charge on any atom is -0.351 e. The fourth-order valence-electron chi connectivity index (χ4n) is 2.08. The minimum absolute atomic E-state index is 0.0834. The monoisotopic (exact) mass is 285 g/mol. The van der Waals surface area contributed by atoms with Gasteiger partial charge in [-0.3, -0.25) is 4.79 Å². The first-order chi connectivity index (χ1) is 7.48. The van der Waals surface area contributed by atoms with Crippen molar-refractivity contribution in [2.75, 3.05) is 0 Å². The molecule has 0 spiro atoms. The normalized spacial score (nSPS) is 24.6. The summed E-state index contributed by atoms with van der Waals surface area (Å²) in [5, 5.41) is 2.94. The molecule has 1 heterocycles. The zero-order chi connectivity index (χ0) is 11.8. The quantitative estimate of drug-likeness (QED) is 0.890. The highest BCUT2D eigenvalue weighted by atomic mass is 79.9. The van der Waals surface area contributed by atoms with Gasteiger partial charge in [-0.2, -0.15) is 0 Å². The summed E-state index contributed by atoms with van der Waals surface area (Å²) in [7, 11) is 0. The molecule has 1 atom stereocenters. The number of nitrogens with one attached hydrogen (secondary N) is 1. The zero-order valence-corrected chi connectivity index (χ0v) is 10.6. The van der Waals surface area contributed by atoms with Crippen LogP contribution in [0, 0.1) is 5.82 Å². The maximum atomic E-state index is 13.3. The summed E-state index contributed by atoms with van der Waals surface area (Å²) < 4.78 is 13.8.